The van der Waals surface area contributed by atoms with E-state index in [4.69, 9.17) is 0 Å². The maximum Gasteiger partial charge on any atom is 0.227 e. The number of ketones is 2. The van der Waals surface area contributed by atoms with Gasteiger partial charge in [0, 0.05) is 45.3 Å². The van der Waals surface area contributed by atoms with Gasteiger partial charge in [-0.1, -0.05) is 11.5 Å². The van der Waals surface area contributed by atoms with Crippen molar-refractivity contribution >= 4 is 24.9 Å². The molecule has 8 heteroatoms. The average molecular weight is 357 g/mol. The number of hydrogen-bond acceptors (Lipinski definition) is 5. The Morgan fingerprint density at radius 2 is 1.38 bits per heavy atom. The van der Waals surface area contributed by atoms with Gasteiger partial charge in [0.15, 0.2) is 11.6 Å². The van der Waals surface area contributed by atoms with Gasteiger partial charge in [-0.15, -0.1) is 0 Å². The number of allylic oxidation sites excluding steroid dienone is 1. The third-order valence-corrected chi connectivity index (χ3v) is 4.56. The second-order valence-electron chi connectivity index (χ2n) is 6.80. The zero-order chi connectivity index (χ0) is 18.4. The minimum absolute atomic E-state index is 0.00546. The van der Waals surface area contributed by atoms with Crippen LogP contribution in [0.3, 0.4) is 0 Å². The van der Waals surface area contributed by atoms with Gasteiger partial charge in [0.05, 0.1) is 5.70 Å². The van der Waals surface area contributed by atoms with E-state index in [1.165, 1.54) is 12.1 Å². The highest BCUT2D eigenvalue weighted by Crippen LogP contribution is 2.33. The fourth-order valence-electron chi connectivity index (χ4n) is 2.88. The van der Waals surface area contributed by atoms with E-state index in [2.05, 4.69) is 0 Å². The number of halogens is 2. The van der Waals surface area contributed by atoms with E-state index in [1.54, 1.807) is 7.85 Å². The Hall–Kier alpha value is -2.64. The molecule has 134 valence electrons. The van der Waals surface area contributed by atoms with Crippen LogP contribution in [-0.4, -0.2) is 73.4 Å². The van der Waals surface area contributed by atoms with Gasteiger partial charge in [-0.25, -0.2) is 8.78 Å². The quantitative estimate of drug-likeness (QED) is 0.411. The molecular formula is C18H18BF2N3O2. The Morgan fingerprint density at radius 1 is 0.808 bits per heavy atom. The second kappa shape index (κ2) is 6.27. The van der Waals surface area contributed by atoms with Crippen LogP contribution in [0.25, 0.3) is 0 Å². The van der Waals surface area contributed by atoms with Crippen molar-refractivity contribution in [1.82, 2.24) is 14.7 Å². The van der Waals surface area contributed by atoms with Crippen LogP contribution in [0.5, 0.6) is 0 Å². The van der Waals surface area contributed by atoms with Crippen LogP contribution < -0.4 is 5.46 Å². The molecule has 3 heterocycles. The van der Waals surface area contributed by atoms with Crippen molar-refractivity contribution in [1.29, 1.82) is 0 Å². The van der Waals surface area contributed by atoms with Crippen LogP contribution >= 0.6 is 0 Å². The minimum Gasteiger partial charge on any atom is -0.365 e. The lowest BCUT2D eigenvalue weighted by Crippen LogP contribution is -2.29. The zero-order valence-corrected chi connectivity index (χ0v) is 14.5. The molecule has 0 radical (unpaired) electrons. The minimum atomic E-state index is -0.791. The third-order valence-electron chi connectivity index (χ3n) is 4.56. The molecule has 1 aliphatic carbocycles. The number of Topliss-reactive ketones (excluding diaryl/α,β-unsaturated/α-hetero) is 1. The Labute approximate surface area is 150 Å². The molecule has 3 saturated heterocycles. The van der Waals surface area contributed by atoms with Gasteiger partial charge in [0.1, 0.15) is 19.2 Å². The van der Waals surface area contributed by atoms with E-state index in [-0.39, 0.29) is 11.6 Å². The smallest absolute Gasteiger partial charge is 0.227 e. The maximum absolute atomic E-state index is 12.4. The first kappa shape index (κ1) is 16.8. The molecule has 1 aromatic rings. The van der Waals surface area contributed by atoms with E-state index in [0.29, 0.717) is 17.1 Å². The van der Waals surface area contributed by atoms with Crippen LogP contribution in [0.1, 0.15) is 0 Å². The number of benzene rings is 1. The summed E-state index contributed by atoms with van der Waals surface area (Å²) < 4.78 is 24.3. The van der Waals surface area contributed by atoms with Crippen LogP contribution in [0.15, 0.2) is 41.4 Å². The van der Waals surface area contributed by atoms with Crippen LogP contribution in [-0.2, 0) is 9.59 Å². The summed E-state index contributed by atoms with van der Waals surface area (Å²) in [6, 6.07) is 3.80. The van der Waals surface area contributed by atoms with E-state index in [9.17, 15) is 18.4 Å². The number of rotatable bonds is 3. The van der Waals surface area contributed by atoms with E-state index >= 15 is 0 Å². The van der Waals surface area contributed by atoms with Crippen molar-refractivity contribution in [3.05, 3.63) is 53.0 Å². The van der Waals surface area contributed by atoms with E-state index < -0.39 is 11.6 Å². The monoisotopic (exact) mass is 357 g/mol. The first-order valence-corrected chi connectivity index (χ1v) is 8.67. The van der Waals surface area contributed by atoms with Gasteiger partial charge in [-0.05, 0) is 12.1 Å². The zero-order valence-electron chi connectivity index (χ0n) is 14.5. The summed E-state index contributed by atoms with van der Waals surface area (Å²) in [6.45, 7) is 5.41. The predicted octanol–water partition coefficient (Wildman–Crippen LogP) is -0.596. The molecule has 3 aliphatic heterocycles. The maximum atomic E-state index is 12.4. The van der Waals surface area contributed by atoms with Crippen molar-refractivity contribution in [2.45, 2.75) is 0 Å². The largest absolute Gasteiger partial charge is 0.365 e. The highest BCUT2D eigenvalue weighted by Gasteiger charge is 2.43. The van der Waals surface area contributed by atoms with Crippen LogP contribution in [0, 0.1) is 11.6 Å². The Bertz CT molecular complexity index is 856. The number of carbonyl (C=O) groups excluding carboxylic acids is 2. The van der Waals surface area contributed by atoms with E-state index in [0.717, 1.165) is 56.9 Å². The topological polar surface area (TPSA) is 43.2 Å². The summed E-state index contributed by atoms with van der Waals surface area (Å²) in [4.78, 5) is 30.5. The molecule has 1 aromatic carbocycles. The summed E-state index contributed by atoms with van der Waals surface area (Å²) in [7, 11) is 1.71. The molecule has 0 atom stereocenters. The molecular weight excluding hydrogens is 339 g/mol. The molecule has 0 aromatic heterocycles. The molecule has 5 rings (SSSR count). The summed E-state index contributed by atoms with van der Waals surface area (Å²) in [6.07, 6.45) is 1.52. The summed E-state index contributed by atoms with van der Waals surface area (Å²) >= 11 is 0. The molecule has 3 fully saturated rings. The van der Waals surface area contributed by atoms with Gasteiger partial charge in [-0.3, -0.25) is 9.59 Å². The molecule has 0 saturated carbocycles. The predicted molar refractivity (Wildman–Crippen MR) is 94.4 cm³/mol. The van der Waals surface area contributed by atoms with Gasteiger partial charge in [-0.2, -0.15) is 0 Å². The van der Waals surface area contributed by atoms with Gasteiger partial charge >= 0.3 is 0 Å². The lowest BCUT2D eigenvalue weighted by atomic mass is 9.96. The van der Waals surface area contributed by atoms with Crippen molar-refractivity contribution in [2.24, 2.45) is 0 Å². The Kier molecular flexibility index (Phi) is 4.05. The van der Waals surface area contributed by atoms with Gasteiger partial charge in [0.2, 0.25) is 11.6 Å². The fraction of sp³-hybridized carbons (Fsp3) is 0.333. The normalized spacial score (nSPS) is 20.7. The average Bonchev–Trinajstić information content (AvgIpc) is 3.47. The van der Waals surface area contributed by atoms with Crippen LogP contribution in [0.2, 0.25) is 0 Å². The first-order chi connectivity index (χ1) is 12.5. The lowest BCUT2D eigenvalue weighted by molar-refractivity contribution is -0.117. The first-order valence-electron chi connectivity index (χ1n) is 8.67. The molecule has 5 nitrogen and oxygen atoms in total. The summed E-state index contributed by atoms with van der Waals surface area (Å²) in [5.74, 6) is -1.52. The molecule has 26 heavy (non-hydrogen) atoms. The number of carbonyl (C=O) groups is 2. The van der Waals surface area contributed by atoms with Gasteiger partial charge in [0.25, 0.3) is 0 Å². The Morgan fingerprint density at radius 3 is 1.88 bits per heavy atom. The summed E-state index contributed by atoms with van der Waals surface area (Å²) in [5.41, 5.74) is 2.62. The molecule has 4 aliphatic rings. The third kappa shape index (κ3) is 3.36. The second-order valence-corrected chi connectivity index (χ2v) is 6.80. The Balaban J connectivity index is 0.000000160. The van der Waals surface area contributed by atoms with Crippen molar-refractivity contribution in [2.75, 3.05) is 39.3 Å². The van der Waals surface area contributed by atoms with Gasteiger partial charge < -0.3 is 14.7 Å². The highest BCUT2D eigenvalue weighted by molar-refractivity contribution is 6.32. The molecule has 0 amide bonds. The summed E-state index contributed by atoms with van der Waals surface area (Å²) in [5, 5.41) is 0. The SMILES string of the molecule is Bc1ccc(F)c(F)c1.O=C1C=C(N2CC2)C(=O)C(N2CC2)=C1N1CC1. The fourth-order valence-corrected chi connectivity index (χ4v) is 2.88. The molecule has 0 unspecified atom stereocenters. The lowest BCUT2D eigenvalue weighted by Gasteiger charge is -2.21. The highest BCUT2D eigenvalue weighted by atomic mass is 19.2. The molecule has 0 bridgehead atoms. The standard InChI is InChI=1S/C12H13N3O2.C6H5BF2/c16-9-7-8(13-1-2-13)12(17)11(15-5-6-15)10(9)14-3-4-14;7-4-1-2-5(8)6(9)3-4/h7H,1-6H2;1-3H,7H2. The van der Waals surface area contributed by atoms with E-state index in [1.807, 2.05) is 14.7 Å². The van der Waals surface area contributed by atoms with Crippen LogP contribution in [0.4, 0.5) is 8.78 Å². The van der Waals surface area contributed by atoms with Crippen molar-refractivity contribution < 1.29 is 18.4 Å². The molecule has 0 spiro atoms. The number of nitrogens with zero attached hydrogens (tertiary/aromatic N) is 3. The number of hydrogen-bond donors (Lipinski definition) is 0. The van der Waals surface area contributed by atoms with Crippen molar-refractivity contribution in [3.8, 4) is 0 Å². The molecule has 0 N–H and O–H groups in total. The van der Waals surface area contributed by atoms with Crippen molar-refractivity contribution in [3.63, 3.8) is 0 Å².